The van der Waals surface area contributed by atoms with Crippen molar-refractivity contribution in [3.05, 3.63) is 30.3 Å². The molecule has 1 aromatic heterocycles. The second kappa shape index (κ2) is 5.33. The maximum absolute atomic E-state index is 13.8. The van der Waals surface area contributed by atoms with Gasteiger partial charge < -0.3 is 10.6 Å². The molecule has 0 spiro atoms. The molecule has 1 atom stereocenters. The number of amides is 1. The third-order valence-corrected chi connectivity index (χ3v) is 3.25. The van der Waals surface area contributed by atoms with E-state index >= 15 is 0 Å². The Morgan fingerprint density at radius 3 is 3.10 bits per heavy atom. The van der Waals surface area contributed by atoms with Crippen LogP contribution in [0.5, 0.6) is 0 Å². The van der Waals surface area contributed by atoms with Gasteiger partial charge in [-0.25, -0.2) is 9.07 Å². The number of halogens is 1. The van der Waals surface area contributed by atoms with Gasteiger partial charge in [0.15, 0.2) is 0 Å². The van der Waals surface area contributed by atoms with Crippen LogP contribution in [0.25, 0.3) is 5.69 Å². The molecule has 0 aliphatic carbocycles. The van der Waals surface area contributed by atoms with Gasteiger partial charge in [-0.15, -0.1) is 5.10 Å². The SMILES string of the molecule is O=C(Nc1cc(-n2cnnn2)ccc1F)C1CCNC1. The first kappa shape index (κ1) is 12.7. The van der Waals surface area contributed by atoms with Crippen molar-refractivity contribution < 1.29 is 9.18 Å². The predicted octanol–water partition coefficient (Wildman–Crippen LogP) is 0.349. The molecule has 8 heteroatoms. The molecule has 1 aliphatic rings. The highest BCUT2D eigenvalue weighted by atomic mass is 19.1. The van der Waals surface area contributed by atoms with E-state index in [-0.39, 0.29) is 17.5 Å². The first-order valence-electron chi connectivity index (χ1n) is 6.28. The number of aromatic nitrogens is 4. The molecule has 0 bridgehead atoms. The Balaban J connectivity index is 1.81. The molecule has 1 fully saturated rings. The van der Waals surface area contributed by atoms with Crippen LogP contribution in [0.4, 0.5) is 10.1 Å². The lowest BCUT2D eigenvalue weighted by Gasteiger charge is -2.11. The number of carbonyl (C=O) groups is 1. The van der Waals surface area contributed by atoms with E-state index in [0.717, 1.165) is 13.0 Å². The molecule has 3 rings (SSSR count). The van der Waals surface area contributed by atoms with E-state index in [1.54, 1.807) is 6.07 Å². The zero-order valence-electron chi connectivity index (χ0n) is 10.6. The van der Waals surface area contributed by atoms with Crippen LogP contribution in [0, 0.1) is 11.7 Å². The summed E-state index contributed by atoms with van der Waals surface area (Å²) in [5, 5.41) is 16.5. The molecule has 20 heavy (non-hydrogen) atoms. The van der Waals surface area contributed by atoms with Crippen molar-refractivity contribution in [2.45, 2.75) is 6.42 Å². The van der Waals surface area contributed by atoms with Crippen LogP contribution in [0.1, 0.15) is 6.42 Å². The van der Waals surface area contributed by atoms with E-state index in [1.807, 2.05) is 0 Å². The van der Waals surface area contributed by atoms with Crippen LogP contribution in [-0.2, 0) is 4.79 Å². The molecule has 104 valence electrons. The van der Waals surface area contributed by atoms with Gasteiger partial charge in [0.25, 0.3) is 0 Å². The summed E-state index contributed by atoms with van der Waals surface area (Å²) < 4.78 is 15.2. The smallest absolute Gasteiger partial charge is 0.228 e. The Morgan fingerprint density at radius 1 is 1.50 bits per heavy atom. The fraction of sp³-hybridized carbons (Fsp3) is 0.333. The molecule has 1 aliphatic heterocycles. The van der Waals surface area contributed by atoms with E-state index in [2.05, 4.69) is 26.2 Å². The van der Waals surface area contributed by atoms with Gasteiger partial charge in [0, 0.05) is 6.54 Å². The molecule has 0 radical (unpaired) electrons. The van der Waals surface area contributed by atoms with Crippen LogP contribution >= 0.6 is 0 Å². The highest BCUT2D eigenvalue weighted by Gasteiger charge is 2.23. The van der Waals surface area contributed by atoms with Gasteiger partial charge in [-0.2, -0.15) is 0 Å². The minimum absolute atomic E-state index is 0.119. The minimum atomic E-state index is -0.485. The van der Waals surface area contributed by atoms with Crippen molar-refractivity contribution in [2.75, 3.05) is 18.4 Å². The maximum Gasteiger partial charge on any atom is 0.228 e. The number of hydrogen-bond donors (Lipinski definition) is 2. The lowest BCUT2D eigenvalue weighted by molar-refractivity contribution is -0.119. The predicted molar refractivity (Wildman–Crippen MR) is 68.7 cm³/mol. The Hall–Kier alpha value is -2.35. The number of anilines is 1. The highest BCUT2D eigenvalue weighted by molar-refractivity contribution is 5.93. The van der Waals surface area contributed by atoms with E-state index < -0.39 is 5.82 Å². The van der Waals surface area contributed by atoms with Gasteiger partial charge in [0.1, 0.15) is 12.1 Å². The fourth-order valence-electron chi connectivity index (χ4n) is 2.14. The topological polar surface area (TPSA) is 84.7 Å². The minimum Gasteiger partial charge on any atom is -0.323 e. The summed E-state index contributed by atoms with van der Waals surface area (Å²) in [7, 11) is 0. The third kappa shape index (κ3) is 2.50. The van der Waals surface area contributed by atoms with Crippen LogP contribution in [-0.4, -0.2) is 39.2 Å². The first-order chi connectivity index (χ1) is 9.74. The lowest BCUT2D eigenvalue weighted by Crippen LogP contribution is -2.25. The molecular weight excluding hydrogens is 263 g/mol. The van der Waals surface area contributed by atoms with Crippen molar-refractivity contribution >= 4 is 11.6 Å². The molecule has 7 nitrogen and oxygen atoms in total. The molecule has 2 aromatic rings. The van der Waals surface area contributed by atoms with Crippen molar-refractivity contribution in [2.24, 2.45) is 5.92 Å². The number of nitrogens with one attached hydrogen (secondary N) is 2. The summed E-state index contributed by atoms with van der Waals surface area (Å²) in [5.41, 5.74) is 0.714. The van der Waals surface area contributed by atoms with Crippen LogP contribution < -0.4 is 10.6 Å². The number of hydrogen-bond acceptors (Lipinski definition) is 5. The summed E-state index contributed by atoms with van der Waals surface area (Å²) >= 11 is 0. The van der Waals surface area contributed by atoms with Gasteiger partial charge in [-0.3, -0.25) is 4.79 Å². The fourth-order valence-corrected chi connectivity index (χ4v) is 2.14. The molecule has 1 unspecified atom stereocenters. The molecular formula is C12H13FN6O. The molecule has 1 aromatic carbocycles. The largest absolute Gasteiger partial charge is 0.323 e. The summed E-state index contributed by atoms with van der Waals surface area (Å²) in [4.78, 5) is 12.0. The Morgan fingerprint density at radius 2 is 2.40 bits per heavy atom. The zero-order valence-corrected chi connectivity index (χ0v) is 10.6. The maximum atomic E-state index is 13.8. The second-order valence-electron chi connectivity index (χ2n) is 4.60. The quantitative estimate of drug-likeness (QED) is 0.845. The van der Waals surface area contributed by atoms with Crippen LogP contribution in [0.3, 0.4) is 0 Å². The van der Waals surface area contributed by atoms with Gasteiger partial charge in [-0.1, -0.05) is 0 Å². The summed E-state index contributed by atoms with van der Waals surface area (Å²) in [6.07, 6.45) is 2.17. The third-order valence-electron chi connectivity index (χ3n) is 3.25. The van der Waals surface area contributed by atoms with Gasteiger partial charge >= 0.3 is 0 Å². The van der Waals surface area contributed by atoms with E-state index in [0.29, 0.717) is 12.2 Å². The molecule has 1 saturated heterocycles. The highest BCUT2D eigenvalue weighted by Crippen LogP contribution is 2.20. The average Bonchev–Trinajstić information content (AvgIpc) is 3.14. The van der Waals surface area contributed by atoms with Crippen molar-refractivity contribution in [3.63, 3.8) is 0 Å². The van der Waals surface area contributed by atoms with Crippen molar-refractivity contribution in [3.8, 4) is 5.69 Å². The Labute approximate surface area is 114 Å². The summed E-state index contributed by atoms with van der Waals surface area (Å²) in [6, 6.07) is 4.32. The monoisotopic (exact) mass is 276 g/mol. The van der Waals surface area contributed by atoms with Crippen molar-refractivity contribution in [1.82, 2.24) is 25.5 Å². The average molecular weight is 276 g/mol. The number of benzene rings is 1. The standard InChI is InChI=1S/C12H13FN6O/c13-10-2-1-9(19-7-15-17-18-19)5-11(10)16-12(20)8-3-4-14-6-8/h1-2,5,7-8,14H,3-4,6H2,(H,16,20). The van der Waals surface area contributed by atoms with Crippen LogP contribution in [0.2, 0.25) is 0 Å². The van der Waals surface area contributed by atoms with E-state index in [4.69, 9.17) is 0 Å². The Bertz CT molecular complexity index is 608. The summed E-state index contributed by atoms with van der Waals surface area (Å²) in [5.74, 6) is -0.782. The molecule has 1 amide bonds. The van der Waals surface area contributed by atoms with E-state index in [9.17, 15) is 9.18 Å². The normalized spacial score (nSPS) is 18.1. The number of carbonyl (C=O) groups excluding carboxylic acids is 1. The number of rotatable bonds is 3. The van der Waals surface area contributed by atoms with Crippen molar-refractivity contribution in [1.29, 1.82) is 0 Å². The van der Waals surface area contributed by atoms with Gasteiger partial charge in [-0.05, 0) is 41.6 Å². The van der Waals surface area contributed by atoms with Crippen LogP contribution in [0.15, 0.2) is 24.5 Å². The molecule has 2 N–H and O–H groups in total. The second-order valence-corrected chi connectivity index (χ2v) is 4.60. The summed E-state index contributed by atoms with van der Waals surface area (Å²) in [6.45, 7) is 1.44. The lowest BCUT2D eigenvalue weighted by atomic mass is 10.1. The zero-order chi connectivity index (χ0) is 13.9. The molecule has 2 heterocycles. The molecule has 0 saturated carbocycles. The van der Waals surface area contributed by atoms with E-state index in [1.165, 1.54) is 23.1 Å². The number of nitrogens with zero attached hydrogens (tertiary/aromatic N) is 4. The van der Waals surface area contributed by atoms with Gasteiger partial charge in [0.05, 0.1) is 17.3 Å². The number of tetrazole rings is 1. The first-order valence-corrected chi connectivity index (χ1v) is 6.28. The van der Waals surface area contributed by atoms with Gasteiger partial charge in [0.2, 0.25) is 5.91 Å². The Kier molecular flexibility index (Phi) is 3.38.